The van der Waals surface area contributed by atoms with Crippen LogP contribution in [0.2, 0.25) is 0 Å². The van der Waals surface area contributed by atoms with Crippen LogP contribution in [0.5, 0.6) is 17.4 Å². The van der Waals surface area contributed by atoms with Gasteiger partial charge in [-0.05, 0) is 43.9 Å². The predicted molar refractivity (Wildman–Crippen MR) is 117 cm³/mol. The number of hydrogen-bond donors (Lipinski definition) is 0. The average molecular weight is 409 g/mol. The SMILES string of the molecule is O=C(C1CCCCC1)N1CCCCCCOc2ccccc2Oc2ncccc2C1. The summed E-state index contributed by atoms with van der Waals surface area (Å²) in [5.41, 5.74) is 0.938. The van der Waals surface area contributed by atoms with Gasteiger partial charge in [-0.3, -0.25) is 4.79 Å². The zero-order chi connectivity index (χ0) is 20.6. The Morgan fingerprint density at radius 3 is 2.53 bits per heavy atom. The number of carbonyl (C=O) groups excluding carboxylic acids is 1. The molecule has 2 heterocycles. The van der Waals surface area contributed by atoms with Gasteiger partial charge >= 0.3 is 0 Å². The van der Waals surface area contributed by atoms with Crippen LogP contribution >= 0.6 is 0 Å². The number of amides is 1. The Bertz CT molecular complexity index is 833. The Balaban J connectivity index is 1.60. The molecule has 0 spiro atoms. The molecule has 2 aliphatic rings. The molecule has 1 fully saturated rings. The van der Waals surface area contributed by atoms with Crippen molar-refractivity contribution in [2.75, 3.05) is 13.2 Å². The van der Waals surface area contributed by atoms with E-state index in [0.29, 0.717) is 30.7 Å². The number of para-hydroxylation sites is 2. The average Bonchev–Trinajstić information content (AvgIpc) is 2.79. The Morgan fingerprint density at radius 1 is 0.900 bits per heavy atom. The third kappa shape index (κ3) is 5.32. The minimum atomic E-state index is 0.174. The van der Waals surface area contributed by atoms with Gasteiger partial charge < -0.3 is 14.4 Å². The second-order valence-corrected chi connectivity index (χ2v) is 8.37. The summed E-state index contributed by atoms with van der Waals surface area (Å²) < 4.78 is 12.2. The maximum absolute atomic E-state index is 13.3. The lowest BCUT2D eigenvalue weighted by molar-refractivity contribution is -0.137. The lowest BCUT2D eigenvalue weighted by Crippen LogP contribution is -2.37. The molecule has 0 unspecified atom stereocenters. The third-order valence-corrected chi connectivity index (χ3v) is 6.11. The summed E-state index contributed by atoms with van der Waals surface area (Å²) in [5, 5.41) is 0. The standard InChI is InChI=1S/C25H32N2O3/c28-25(20-11-4-3-5-12-20)27-17-8-1-2-9-18-29-22-14-6-7-15-23(22)30-24-21(19-27)13-10-16-26-24/h6-7,10,13-16,20H,1-5,8-9,11-12,17-19H2. The van der Waals surface area contributed by atoms with Crippen LogP contribution in [-0.4, -0.2) is 28.9 Å². The maximum atomic E-state index is 13.3. The first-order chi connectivity index (χ1) is 14.8. The Hall–Kier alpha value is -2.56. The van der Waals surface area contributed by atoms with E-state index in [1.807, 2.05) is 41.3 Å². The van der Waals surface area contributed by atoms with Crippen molar-refractivity contribution in [1.29, 1.82) is 0 Å². The molecule has 30 heavy (non-hydrogen) atoms. The van der Waals surface area contributed by atoms with Crippen molar-refractivity contribution < 1.29 is 14.3 Å². The van der Waals surface area contributed by atoms with Gasteiger partial charge in [-0.15, -0.1) is 0 Å². The molecule has 1 aliphatic carbocycles. The minimum absolute atomic E-state index is 0.174. The molecule has 5 nitrogen and oxygen atoms in total. The van der Waals surface area contributed by atoms with Crippen LogP contribution in [0, 0.1) is 5.92 Å². The number of nitrogens with zero attached hydrogens (tertiary/aromatic N) is 2. The number of fused-ring (bicyclic) bond motifs is 2. The smallest absolute Gasteiger partial charge is 0.225 e. The molecule has 0 atom stereocenters. The van der Waals surface area contributed by atoms with Crippen molar-refractivity contribution in [3.8, 4) is 17.4 Å². The van der Waals surface area contributed by atoms with Gasteiger partial charge in [0.25, 0.3) is 0 Å². The van der Waals surface area contributed by atoms with Gasteiger partial charge in [0.15, 0.2) is 11.5 Å². The predicted octanol–water partition coefficient (Wildman–Crippen LogP) is 5.74. The molecule has 0 radical (unpaired) electrons. The number of rotatable bonds is 1. The molecule has 1 aromatic heterocycles. The monoisotopic (exact) mass is 408 g/mol. The van der Waals surface area contributed by atoms with Crippen LogP contribution in [0.1, 0.15) is 63.4 Å². The number of aromatic nitrogens is 1. The molecule has 1 saturated carbocycles. The van der Waals surface area contributed by atoms with Gasteiger partial charge in [0, 0.05) is 24.2 Å². The molecule has 1 amide bonds. The summed E-state index contributed by atoms with van der Waals surface area (Å²) in [6, 6.07) is 11.7. The van der Waals surface area contributed by atoms with Crippen molar-refractivity contribution in [3.63, 3.8) is 0 Å². The second kappa shape index (κ2) is 10.5. The molecule has 0 N–H and O–H groups in total. The Kier molecular flexibility index (Phi) is 7.22. The summed E-state index contributed by atoms with van der Waals surface area (Å²) in [7, 11) is 0. The van der Waals surface area contributed by atoms with E-state index in [1.165, 1.54) is 19.3 Å². The van der Waals surface area contributed by atoms with Crippen molar-refractivity contribution in [1.82, 2.24) is 9.88 Å². The molecule has 0 saturated heterocycles. The summed E-state index contributed by atoms with van der Waals surface area (Å²) in [5.74, 6) is 2.43. The normalized spacial score (nSPS) is 18.9. The van der Waals surface area contributed by atoms with Gasteiger partial charge in [-0.2, -0.15) is 0 Å². The fraction of sp³-hybridized carbons (Fsp3) is 0.520. The van der Waals surface area contributed by atoms with Crippen molar-refractivity contribution >= 4 is 5.91 Å². The lowest BCUT2D eigenvalue weighted by atomic mass is 9.88. The largest absolute Gasteiger partial charge is 0.490 e. The Labute approximate surface area is 179 Å². The summed E-state index contributed by atoms with van der Waals surface area (Å²) in [6.45, 7) is 2.00. The van der Waals surface area contributed by atoms with Crippen molar-refractivity contribution in [2.45, 2.75) is 64.3 Å². The summed E-state index contributed by atoms with van der Waals surface area (Å²) in [4.78, 5) is 19.9. The highest BCUT2D eigenvalue weighted by Gasteiger charge is 2.27. The molecule has 5 heteroatoms. The van der Waals surface area contributed by atoms with E-state index in [2.05, 4.69) is 4.98 Å². The van der Waals surface area contributed by atoms with Crippen LogP contribution in [0.15, 0.2) is 42.6 Å². The van der Waals surface area contributed by atoms with Gasteiger partial charge in [-0.25, -0.2) is 4.98 Å². The van der Waals surface area contributed by atoms with Crippen LogP contribution < -0.4 is 9.47 Å². The van der Waals surface area contributed by atoms with E-state index < -0.39 is 0 Å². The fourth-order valence-corrected chi connectivity index (χ4v) is 4.42. The van der Waals surface area contributed by atoms with E-state index in [0.717, 1.165) is 56.4 Å². The van der Waals surface area contributed by atoms with Gasteiger partial charge in [0.05, 0.1) is 13.2 Å². The molecule has 2 aromatic rings. The van der Waals surface area contributed by atoms with E-state index in [4.69, 9.17) is 9.47 Å². The molecule has 0 bridgehead atoms. The highest BCUT2D eigenvalue weighted by atomic mass is 16.5. The molecule has 1 aliphatic heterocycles. The zero-order valence-electron chi connectivity index (χ0n) is 17.7. The van der Waals surface area contributed by atoms with E-state index in [1.54, 1.807) is 6.20 Å². The number of ether oxygens (including phenoxy) is 2. The second-order valence-electron chi connectivity index (χ2n) is 8.37. The van der Waals surface area contributed by atoms with Crippen LogP contribution in [0.4, 0.5) is 0 Å². The quantitative estimate of drug-likeness (QED) is 0.604. The van der Waals surface area contributed by atoms with E-state index in [-0.39, 0.29) is 5.92 Å². The molecule has 160 valence electrons. The summed E-state index contributed by atoms with van der Waals surface area (Å²) in [6.07, 6.45) is 11.6. The van der Waals surface area contributed by atoms with Gasteiger partial charge in [-0.1, -0.05) is 50.3 Å². The lowest BCUT2D eigenvalue weighted by Gasteiger charge is -2.30. The summed E-state index contributed by atoms with van der Waals surface area (Å²) >= 11 is 0. The first-order valence-corrected chi connectivity index (χ1v) is 11.4. The number of hydrogen-bond acceptors (Lipinski definition) is 4. The third-order valence-electron chi connectivity index (χ3n) is 6.11. The molecular weight excluding hydrogens is 376 g/mol. The first kappa shape index (κ1) is 20.7. The maximum Gasteiger partial charge on any atom is 0.225 e. The van der Waals surface area contributed by atoms with Crippen molar-refractivity contribution in [3.05, 3.63) is 48.2 Å². The highest BCUT2D eigenvalue weighted by molar-refractivity contribution is 5.79. The molecular formula is C25H32N2O3. The number of benzene rings is 1. The zero-order valence-corrected chi connectivity index (χ0v) is 17.7. The number of pyridine rings is 1. The van der Waals surface area contributed by atoms with Crippen molar-refractivity contribution in [2.24, 2.45) is 5.92 Å². The van der Waals surface area contributed by atoms with E-state index >= 15 is 0 Å². The van der Waals surface area contributed by atoms with Gasteiger partial charge in [0.2, 0.25) is 11.8 Å². The molecule has 1 aromatic carbocycles. The minimum Gasteiger partial charge on any atom is -0.490 e. The van der Waals surface area contributed by atoms with Crippen LogP contribution in [-0.2, 0) is 11.3 Å². The number of carbonyl (C=O) groups is 1. The fourth-order valence-electron chi connectivity index (χ4n) is 4.42. The topological polar surface area (TPSA) is 51.7 Å². The first-order valence-electron chi connectivity index (χ1n) is 11.4. The van der Waals surface area contributed by atoms with Crippen LogP contribution in [0.25, 0.3) is 0 Å². The Morgan fingerprint density at radius 2 is 1.67 bits per heavy atom. The van der Waals surface area contributed by atoms with Crippen LogP contribution in [0.3, 0.4) is 0 Å². The highest BCUT2D eigenvalue weighted by Crippen LogP contribution is 2.33. The van der Waals surface area contributed by atoms with Gasteiger partial charge in [0.1, 0.15) is 0 Å². The van der Waals surface area contributed by atoms with E-state index in [9.17, 15) is 4.79 Å². The molecule has 4 rings (SSSR count).